The van der Waals surface area contributed by atoms with E-state index < -0.39 is 0 Å². The molecule has 19 heavy (non-hydrogen) atoms. The van der Waals surface area contributed by atoms with Crippen LogP contribution in [0.5, 0.6) is 0 Å². The minimum atomic E-state index is 1.10. The van der Waals surface area contributed by atoms with Crippen LogP contribution in [0.15, 0.2) is 42.5 Å². The summed E-state index contributed by atoms with van der Waals surface area (Å²) < 4.78 is 2.49. The van der Waals surface area contributed by atoms with E-state index >= 15 is 0 Å². The number of benzene rings is 2. The molecule has 0 fully saturated rings. The van der Waals surface area contributed by atoms with Crippen LogP contribution in [0.3, 0.4) is 0 Å². The maximum atomic E-state index is 2.49. The number of aryl methyl sites for hydroxylation is 2. The molecule has 0 atom stereocenters. The van der Waals surface area contributed by atoms with Gasteiger partial charge in [0, 0.05) is 28.4 Å². The van der Waals surface area contributed by atoms with Crippen molar-refractivity contribution in [3.05, 3.63) is 48.0 Å². The van der Waals surface area contributed by atoms with Gasteiger partial charge in [0.05, 0.1) is 0 Å². The van der Waals surface area contributed by atoms with Crippen LogP contribution in [-0.4, -0.2) is 4.57 Å². The lowest BCUT2D eigenvalue weighted by Crippen LogP contribution is -1.97. The molecular formula is C18H21N. The van der Waals surface area contributed by atoms with Crippen LogP contribution in [0, 0.1) is 0 Å². The van der Waals surface area contributed by atoms with Gasteiger partial charge >= 0.3 is 0 Å². The van der Waals surface area contributed by atoms with Crippen LogP contribution in [0.4, 0.5) is 0 Å². The molecule has 3 aromatic rings. The molecule has 0 spiro atoms. The highest BCUT2D eigenvalue weighted by molar-refractivity contribution is 6.09. The predicted octanol–water partition coefficient (Wildman–Crippen LogP) is 5.16. The second kappa shape index (κ2) is 5.08. The molecule has 98 valence electrons. The predicted molar refractivity (Wildman–Crippen MR) is 83.7 cm³/mol. The van der Waals surface area contributed by atoms with Gasteiger partial charge < -0.3 is 4.57 Å². The van der Waals surface area contributed by atoms with Gasteiger partial charge in [-0.05, 0) is 30.5 Å². The zero-order valence-electron chi connectivity index (χ0n) is 11.8. The fourth-order valence-corrected chi connectivity index (χ4v) is 3.02. The van der Waals surface area contributed by atoms with E-state index in [0.717, 1.165) is 13.0 Å². The van der Waals surface area contributed by atoms with Crippen molar-refractivity contribution in [2.24, 2.45) is 0 Å². The lowest BCUT2D eigenvalue weighted by atomic mass is 10.0. The molecule has 0 saturated carbocycles. The highest BCUT2D eigenvalue weighted by Gasteiger charge is 2.11. The molecule has 0 N–H and O–H groups in total. The molecule has 0 aliphatic heterocycles. The summed E-state index contributed by atoms with van der Waals surface area (Å²) in [5, 5.41) is 2.86. The van der Waals surface area contributed by atoms with Gasteiger partial charge in [0.1, 0.15) is 0 Å². The molecule has 1 heterocycles. The minimum Gasteiger partial charge on any atom is -0.340 e. The van der Waals surface area contributed by atoms with Crippen LogP contribution in [0.2, 0.25) is 0 Å². The largest absolute Gasteiger partial charge is 0.340 e. The van der Waals surface area contributed by atoms with Crippen molar-refractivity contribution in [1.29, 1.82) is 0 Å². The fraction of sp³-hybridized carbons (Fsp3) is 0.333. The van der Waals surface area contributed by atoms with Gasteiger partial charge in [-0.15, -0.1) is 0 Å². The van der Waals surface area contributed by atoms with Crippen molar-refractivity contribution in [3.8, 4) is 0 Å². The number of aromatic nitrogens is 1. The Bertz CT molecular complexity index is 706. The van der Waals surface area contributed by atoms with Crippen molar-refractivity contribution in [1.82, 2.24) is 4.57 Å². The fourth-order valence-electron chi connectivity index (χ4n) is 3.02. The van der Waals surface area contributed by atoms with Crippen molar-refractivity contribution >= 4 is 21.8 Å². The third-order valence-corrected chi connectivity index (χ3v) is 4.00. The van der Waals surface area contributed by atoms with E-state index in [0.29, 0.717) is 0 Å². The zero-order valence-corrected chi connectivity index (χ0v) is 11.8. The normalized spacial score (nSPS) is 11.5. The Morgan fingerprint density at radius 1 is 0.895 bits per heavy atom. The molecule has 1 heteroatoms. The number of unbranched alkanes of at least 4 members (excludes halogenated alkanes) is 1. The van der Waals surface area contributed by atoms with E-state index in [1.54, 1.807) is 0 Å². The number of para-hydroxylation sites is 1. The first-order chi connectivity index (χ1) is 9.36. The van der Waals surface area contributed by atoms with E-state index in [2.05, 4.69) is 60.9 Å². The van der Waals surface area contributed by atoms with Crippen LogP contribution < -0.4 is 0 Å². The lowest BCUT2D eigenvalue weighted by molar-refractivity contribution is 0.665. The molecule has 0 amide bonds. The smallest absolute Gasteiger partial charge is 0.0494 e. The Labute approximate surface area is 114 Å². The molecule has 1 nitrogen and oxygen atoms in total. The van der Waals surface area contributed by atoms with Gasteiger partial charge in [-0.2, -0.15) is 0 Å². The highest BCUT2D eigenvalue weighted by atomic mass is 15.0. The average molecular weight is 251 g/mol. The Balaban J connectivity index is 2.37. The maximum Gasteiger partial charge on any atom is 0.0494 e. The van der Waals surface area contributed by atoms with E-state index in [1.807, 2.05) is 0 Å². The summed E-state index contributed by atoms with van der Waals surface area (Å²) in [6, 6.07) is 15.5. The molecule has 0 aliphatic carbocycles. The van der Waals surface area contributed by atoms with Gasteiger partial charge in [-0.25, -0.2) is 0 Å². The van der Waals surface area contributed by atoms with Crippen LogP contribution >= 0.6 is 0 Å². The molecule has 2 aromatic carbocycles. The Hall–Kier alpha value is -1.76. The van der Waals surface area contributed by atoms with Gasteiger partial charge in [0.2, 0.25) is 0 Å². The van der Waals surface area contributed by atoms with Crippen LogP contribution in [0.25, 0.3) is 21.8 Å². The topological polar surface area (TPSA) is 4.93 Å². The van der Waals surface area contributed by atoms with E-state index in [4.69, 9.17) is 0 Å². The molecule has 3 rings (SSSR count). The molecule has 1 aromatic heterocycles. The first kappa shape index (κ1) is 12.3. The van der Waals surface area contributed by atoms with Gasteiger partial charge in [-0.1, -0.05) is 50.6 Å². The summed E-state index contributed by atoms with van der Waals surface area (Å²) in [7, 11) is 0. The van der Waals surface area contributed by atoms with Crippen molar-refractivity contribution in [2.75, 3.05) is 0 Å². The van der Waals surface area contributed by atoms with Crippen LogP contribution in [0.1, 0.15) is 32.3 Å². The third kappa shape index (κ3) is 1.94. The Kier molecular flexibility index (Phi) is 3.29. The number of hydrogen-bond donors (Lipinski definition) is 0. The quantitative estimate of drug-likeness (QED) is 0.604. The maximum absolute atomic E-state index is 2.49. The monoisotopic (exact) mass is 251 g/mol. The Morgan fingerprint density at radius 2 is 1.68 bits per heavy atom. The molecular weight excluding hydrogens is 230 g/mol. The summed E-state index contributed by atoms with van der Waals surface area (Å²) >= 11 is 0. The summed E-state index contributed by atoms with van der Waals surface area (Å²) in [4.78, 5) is 0. The van der Waals surface area contributed by atoms with Crippen molar-refractivity contribution in [2.45, 2.75) is 39.7 Å². The third-order valence-electron chi connectivity index (χ3n) is 4.00. The molecule has 0 aliphatic rings. The van der Waals surface area contributed by atoms with Gasteiger partial charge in [-0.3, -0.25) is 0 Å². The standard InChI is InChI=1S/C18H21N/c1-3-5-13-19-16-11-7-6-10-15(16)18-14(4-2)9-8-12-17(18)19/h6-12H,3-5,13H2,1-2H3. The first-order valence-corrected chi connectivity index (χ1v) is 7.35. The van der Waals surface area contributed by atoms with E-state index in [-0.39, 0.29) is 0 Å². The van der Waals surface area contributed by atoms with E-state index in [9.17, 15) is 0 Å². The lowest BCUT2D eigenvalue weighted by Gasteiger charge is -2.06. The minimum absolute atomic E-state index is 1.10. The van der Waals surface area contributed by atoms with E-state index in [1.165, 1.54) is 40.2 Å². The SMILES string of the molecule is CCCCn1c2ccccc2c2c(CC)cccc21. The molecule has 0 radical (unpaired) electrons. The number of hydrogen-bond acceptors (Lipinski definition) is 0. The summed E-state index contributed by atoms with van der Waals surface area (Å²) in [6.07, 6.45) is 3.57. The Morgan fingerprint density at radius 3 is 2.47 bits per heavy atom. The number of nitrogens with zero attached hydrogens (tertiary/aromatic N) is 1. The highest BCUT2D eigenvalue weighted by Crippen LogP contribution is 2.32. The second-order valence-corrected chi connectivity index (χ2v) is 5.19. The summed E-state index contributed by atoms with van der Waals surface area (Å²) in [5.41, 5.74) is 4.24. The van der Waals surface area contributed by atoms with Crippen molar-refractivity contribution in [3.63, 3.8) is 0 Å². The molecule has 0 unspecified atom stereocenters. The summed E-state index contributed by atoms with van der Waals surface area (Å²) in [5.74, 6) is 0. The zero-order chi connectivity index (χ0) is 13.2. The molecule has 0 saturated heterocycles. The first-order valence-electron chi connectivity index (χ1n) is 7.35. The molecule has 0 bridgehead atoms. The average Bonchev–Trinajstić information content (AvgIpc) is 2.79. The van der Waals surface area contributed by atoms with Crippen molar-refractivity contribution < 1.29 is 0 Å². The van der Waals surface area contributed by atoms with Crippen LogP contribution in [-0.2, 0) is 13.0 Å². The summed E-state index contributed by atoms with van der Waals surface area (Å²) in [6.45, 7) is 5.62. The van der Waals surface area contributed by atoms with Gasteiger partial charge in [0.25, 0.3) is 0 Å². The second-order valence-electron chi connectivity index (χ2n) is 5.19. The number of rotatable bonds is 4. The van der Waals surface area contributed by atoms with Gasteiger partial charge in [0.15, 0.2) is 0 Å². The number of fused-ring (bicyclic) bond motifs is 3.